The number of benzene rings is 2. The lowest BCUT2D eigenvalue weighted by Crippen LogP contribution is -2.39. The molecule has 0 radical (unpaired) electrons. The van der Waals surface area contributed by atoms with E-state index in [9.17, 15) is 29.2 Å². The van der Waals surface area contributed by atoms with Crippen molar-refractivity contribution in [3.05, 3.63) is 98.9 Å². The molecule has 1 aliphatic rings. The highest BCUT2D eigenvalue weighted by atomic mass is 79.9. The van der Waals surface area contributed by atoms with E-state index in [2.05, 4.69) is 20.9 Å². The van der Waals surface area contributed by atoms with Crippen molar-refractivity contribution in [1.29, 1.82) is 0 Å². The first-order valence-corrected chi connectivity index (χ1v) is 11.8. The number of allylic oxidation sites excluding steroid dienone is 1. The molecule has 3 aromatic rings. The molecule has 0 bridgehead atoms. The van der Waals surface area contributed by atoms with Gasteiger partial charge in [-0.15, -0.1) is 0 Å². The summed E-state index contributed by atoms with van der Waals surface area (Å²) in [6.45, 7) is 3.38. The summed E-state index contributed by atoms with van der Waals surface area (Å²) in [6, 6.07) is 6.94. The number of ether oxygens (including phenoxy) is 1. The van der Waals surface area contributed by atoms with E-state index in [1.165, 1.54) is 41.0 Å². The SMILES string of the molecule is CCOC(=O)C1=C(C)N=c2s/c(=C\c3cc(Br)c([O-])c([N+](=O)[O-])c3)c(=O)n2[C@H]1c1ccc(F)cc1. The van der Waals surface area contributed by atoms with Crippen LogP contribution in [-0.2, 0) is 9.53 Å². The molecule has 0 spiro atoms. The van der Waals surface area contributed by atoms with Crippen LogP contribution in [0.2, 0.25) is 0 Å². The number of esters is 1. The van der Waals surface area contributed by atoms with Gasteiger partial charge in [0.25, 0.3) is 11.2 Å². The number of thiazole rings is 1. The van der Waals surface area contributed by atoms with Crippen molar-refractivity contribution in [2.75, 3.05) is 6.61 Å². The lowest BCUT2D eigenvalue weighted by molar-refractivity contribution is -0.398. The summed E-state index contributed by atoms with van der Waals surface area (Å²) in [5, 5.41) is 23.2. The molecular weight excluding hydrogens is 545 g/mol. The lowest BCUT2D eigenvalue weighted by Gasteiger charge is -2.24. The van der Waals surface area contributed by atoms with E-state index in [-0.39, 0.29) is 31.5 Å². The van der Waals surface area contributed by atoms with Crippen molar-refractivity contribution in [1.82, 2.24) is 4.57 Å². The van der Waals surface area contributed by atoms with Gasteiger partial charge in [-0.3, -0.25) is 19.5 Å². The Morgan fingerprint density at radius 2 is 2.03 bits per heavy atom. The predicted octanol–water partition coefficient (Wildman–Crippen LogP) is 2.68. The molecule has 12 heteroatoms. The fourth-order valence-corrected chi connectivity index (χ4v) is 5.24. The Hall–Kier alpha value is -3.64. The van der Waals surface area contributed by atoms with Gasteiger partial charge in [0.2, 0.25) is 0 Å². The van der Waals surface area contributed by atoms with Crippen molar-refractivity contribution >= 4 is 45.0 Å². The summed E-state index contributed by atoms with van der Waals surface area (Å²) >= 11 is 4.04. The van der Waals surface area contributed by atoms with Crippen LogP contribution in [0.15, 0.2) is 61.9 Å². The molecule has 9 nitrogen and oxygen atoms in total. The van der Waals surface area contributed by atoms with Gasteiger partial charge in [-0.2, -0.15) is 0 Å². The van der Waals surface area contributed by atoms with Crippen LogP contribution in [0.1, 0.15) is 31.0 Å². The van der Waals surface area contributed by atoms with Crippen LogP contribution < -0.4 is 20.0 Å². The zero-order valence-corrected chi connectivity index (χ0v) is 20.7. The molecule has 180 valence electrons. The summed E-state index contributed by atoms with van der Waals surface area (Å²) in [6.07, 6.45) is 1.41. The molecule has 1 aromatic heterocycles. The number of aromatic nitrogens is 1. The van der Waals surface area contributed by atoms with Gasteiger partial charge in [-0.05, 0) is 55.0 Å². The molecule has 0 saturated heterocycles. The first-order valence-electron chi connectivity index (χ1n) is 10.2. The van der Waals surface area contributed by atoms with Gasteiger partial charge in [0.05, 0.1) is 33.4 Å². The van der Waals surface area contributed by atoms with E-state index in [0.29, 0.717) is 11.3 Å². The highest BCUT2D eigenvalue weighted by molar-refractivity contribution is 9.10. The molecular formula is C23H16BrFN3O6S-. The number of hydrogen-bond donors (Lipinski definition) is 0. The molecule has 0 N–H and O–H groups in total. The molecule has 0 unspecified atom stereocenters. The molecule has 2 heterocycles. The Bertz CT molecular complexity index is 1580. The molecule has 1 atom stereocenters. The predicted molar refractivity (Wildman–Crippen MR) is 127 cm³/mol. The quantitative estimate of drug-likeness (QED) is 0.268. The van der Waals surface area contributed by atoms with Crippen LogP contribution in [0, 0.1) is 15.9 Å². The summed E-state index contributed by atoms with van der Waals surface area (Å²) < 4.78 is 20.3. The third kappa shape index (κ3) is 4.54. The number of carbonyl (C=O) groups excluding carboxylic acids is 1. The molecule has 35 heavy (non-hydrogen) atoms. The maximum absolute atomic E-state index is 13.6. The average molecular weight is 561 g/mol. The fourth-order valence-electron chi connectivity index (χ4n) is 3.72. The number of halogens is 2. The minimum atomic E-state index is -0.918. The standard InChI is InChI=1S/C23H17BrFN3O6S/c1-3-34-22(31)18-11(2)26-23-27(19(18)13-4-6-14(25)7-5-13)21(30)17(35-23)10-12-8-15(24)20(29)16(9-12)28(32)33/h4-10,19,29H,3H2,1-2H3/p-1/b17-10-/t19-/m0/s1. The summed E-state index contributed by atoms with van der Waals surface area (Å²) in [4.78, 5) is 41.5. The Labute approximate surface area is 209 Å². The van der Waals surface area contributed by atoms with Gasteiger partial charge < -0.3 is 9.84 Å². The molecule has 1 aliphatic heterocycles. The van der Waals surface area contributed by atoms with E-state index in [1.54, 1.807) is 13.8 Å². The summed E-state index contributed by atoms with van der Waals surface area (Å²) in [7, 11) is 0. The summed E-state index contributed by atoms with van der Waals surface area (Å²) in [5.41, 5.74) is 0.0788. The number of nitro benzene ring substituents is 1. The molecule has 0 aliphatic carbocycles. The monoisotopic (exact) mass is 560 g/mol. The van der Waals surface area contributed by atoms with Gasteiger partial charge in [-0.25, -0.2) is 14.2 Å². The molecule has 4 rings (SSSR count). The van der Waals surface area contributed by atoms with Gasteiger partial charge >= 0.3 is 5.97 Å². The Morgan fingerprint density at radius 3 is 2.66 bits per heavy atom. The number of fused-ring (bicyclic) bond motifs is 1. The van der Waals surface area contributed by atoms with Crippen LogP contribution in [0.5, 0.6) is 5.75 Å². The van der Waals surface area contributed by atoms with E-state index in [0.717, 1.165) is 17.4 Å². The minimum absolute atomic E-state index is 0.0182. The Kier molecular flexibility index (Phi) is 6.68. The van der Waals surface area contributed by atoms with Crippen molar-refractivity contribution in [2.45, 2.75) is 19.9 Å². The zero-order valence-electron chi connectivity index (χ0n) is 18.3. The van der Waals surface area contributed by atoms with Crippen molar-refractivity contribution in [3.8, 4) is 5.75 Å². The van der Waals surface area contributed by atoms with Gasteiger partial charge in [0.1, 0.15) is 5.82 Å². The van der Waals surface area contributed by atoms with Crippen LogP contribution in [0.3, 0.4) is 0 Å². The van der Waals surface area contributed by atoms with Crippen molar-refractivity contribution < 1.29 is 24.0 Å². The van der Waals surface area contributed by atoms with E-state index >= 15 is 0 Å². The minimum Gasteiger partial charge on any atom is -0.867 e. The number of rotatable bonds is 5. The van der Waals surface area contributed by atoms with Crippen molar-refractivity contribution in [2.24, 2.45) is 4.99 Å². The van der Waals surface area contributed by atoms with Gasteiger partial charge in [0.15, 0.2) is 4.80 Å². The first kappa shape index (κ1) is 24.5. The Morgan fingerprint density at radius 1 is 1.34 bits per heavy atom. The molecule has 2 aromatic carbocycles. The lowest BCUT2D eigenvalue weighted by atomic mass is 9.96. The van der Waals surface area contributed by atoms with Gasteiger partial charge in [0, 0.05) is 10.5 Å². The maximum atomic E-state index is 13.6. The number of hydrogen-bond acceptors (Lipinski definition) is 8. The largest absolute Gasteiger partial charge is 0.867 e. The zero-order chi connectivity index (χ0) is 25.4. The fraction of sp³-hybridized carbons (Fsp3) is 0.174. The number of nitro groups is 1. The van der Waals surface area contributed by atoms with Gasteiger partial charge in [-0.1, -0.05) is 39.4 Å². The molecule has 0 amide bonds. The number of carbonyl (C=O) groups is 1. The third-order valence-corrected chi connectivity index (χ3v) is 6.82. The second kappa shape index (κ2) is 9.55. The maximum Gasteiger partial charge on any atom is 0.338 e. The normalized spacial score (nSPS) is 15.5. The van der Waals surface area contributed by atoms with Crippen molar-refractivity contribution in [3.63, 3.8) is 0 Å². The van der Waals surface area contributed by atoms with Crippen LogP contribution in [0.25, 0.3) is 6.08 Å². The second-order valence-corrected chi connectivity index (χ2v) is 9.33. The smallest absolute Gasteiger partial charge is 0.338 e. The second-order valence-electron chi connectivity index (χ2n) is 7.46. The van der Waals surface area contributed by atoms with E-state index in [4.69, 9.17) is 4.74 Å². The molecule has 0 saturated carbocycles. The third-order valence-electron chi connectivity index (χ3n) is 5.24. The van der Waals surface area contributed by atoms with Crippen LogP contribution in [-0.4, -0.2) is 22.1 Å². The average Bonchev–Trinajstić information content (AvgIpc) is 3.10. The van der Waals surface area contributed by atoms with E-state index < -0.39 is 39.7 Å². The first-order chi connectivity index (χ1) is 16.6. The number of nitrogens with zero attached hydrogens (tertiary/aromatic N) is 3. The topological polar surface area (TPSA) is 127 Å². The van der Waals surface area contributed by atoms with Crippen LogP contribution in [0.4, 0.5) is 10.1 Å². The summed E-state index contributed by atoms with van der Waals surface area (Å²) in [5.74, 6) is -1.91. The molecule has 0 fully saturated rings. The Balaban J connectivity index is 1.96. The van der Waals surface area contributed by atoms with Crippen LogP contribution >= 0.6 is 27.3 Å². The van der Waals surface area contributed by atoms with E-state index in [1.807, 2.05) is 0 Å². The highest BCUT2D eigenvalue weighted by Gasteiger charge is 2.33. The highest BCUT2D eigenvalue weighted by Crippen LogP contribution is 2.33.